The summed E-state index contributed by atoms with van der Waals surface area (Å²) in [5.74, 6) is 1.80. The van der Waals surface area contributed by atoms with Crippen molar-refractivity contribution in [3.05, 3.63) is 52.0 Å². The van der Waals surface area contributed by atoms with E-state index in [0.29, 0.717) is 28.8 Å². The number of ether oxygens (including phenoxy) is 3. The number of hydrogen-bond donors (Lipinski definition) is 0. The van der Waals surface area contributed by atoms with E-state index >= 15 is 0 Å². The fraction of sp³-hybridized carbons (Fsp3) is 0.381. The molecule has 0 aliphatic rings. The maximum Gasteiger partial charge on any atom is 0.263 e. The summed E-state index contributed by atoms with van der Waals surface area (Å²) in [6.07, 6.45) is -0.616. The van der Waals surface area contributed by atoms with Crippen LogP contribution >= 0.6 is 11.6 Å². The number of rotatable bonds is 7. The van der Waals surface area contributed by atoms with Crippen LogP contribution in [-0.2, 0) is 11.3 Å². The Kier molecular flexibility index (Phi) is 6.97. The molecule has 0 saturated heterocycles. The van der Waals surface area contributed by atoms with Crippen molar-refractivity contribution >= 4 is 17.5 Å². The third kappa shape index (κ3) is 5.07. The summed E-state index contributed by atoms with van der Waals surface area (Å²) in [6.45, 7) is 6.01. The van der Waals surface area contributed by atoms with Gasteiger partial charge in [0.25, 0.3) is 5.91 Å². The van der Waals surface area contributed by atoms with Gasteiger partial charge in [-0.15, -0.1) is 0 Å². The minimum Gasteiger partial charge on any atom is -0.493 e. The molecule has 0 saturated carbocycles. The number of carbonyl (C=O) groups is 1. The molecule has 2 aromatic carbocycles. The third-order valence-electron chi connectivity index (χ3n) is 4.31. The fourth-order valence-electron chi connectivity index (χ4n) is 2.87. The highest BCUT2D eigenvalue weighted by molar-refractivity contribution is 6.32. The predicted octanol–water partition coefficient (Wildman–Crippen LogP) is 4.40. The van der Waals surface area contributed by atoms with Gasteiger partial charge in [0, 0.05) is 18.6 Å². The van der Waals surface area contributed by atoms with Crippen LogP contribution in [0.15, 0.2) is 30.3 Å². The van der Waals surface area contributed by atoms with Crippen LogP contribution < -0.4 is 14.2 Å². The highest BCUT2D eigenvalue weighted by atomic mass is 35.5. The molecular formula is C21H26ClNO4. The largest absolute Gasteiger partial charge is 0.493 e. The fourth-order valence-corrected chi connectivity index (χ4v) is 2.98. The Bertz CT molecular complexity index is 799. The number of carbonyl (C=O) groups excluding carboxylic acids is 1. The van der Waals surface area contributed by atoms with Crippen molar-refractivity contribution < 1.29 is 19.0 Å². The summed E-state index contributed by atoms with van der Waals surface area (Å²) in [5, 5.41) is 0.715. The molecule has 1 atom stereocenters. The molecule has 6 heteroatoms. The summed E-state index contributed by atoms with van der Waals surface area (Å²) in [6, 6.07) is 9.27. The number of halogens is 1. The zero-order valence-electron chi connectivity index (χ0n) is 16.6. The number of aryl methyl sites for hydroxylation is 2. The van der Waals surface area contributed by atoms with Gasteiger partial charge < -0.3 is 19.1 Å². The van der Waals surface area contributed by atoms with Crippen molar-refractivity contribution in [2.75, 3.05) is 21.3 Å². The number of likely N-dealkylation sites (N-methyl/N-ethyl adjacent to an activating group) is 1. The first-order valence-corrected chi connectivity index (χ1v) is 9.04. The van der Waals surface area contributed by atoms with Gasteiger partial charge in [-0.1, -0.05) is 17.7 Å². The van der Waals surface area contributed by atoms with Crippen molar-refractivity contribution in [2.45, 2.75) is 33.4 Å². The van der Waals surface area contributed by atoms with Gasteiger partial charge in [-0.3, -0.25) is 4.79 Å². The van der Waals surface area contributed by atoms with Gasteiger partial charge in [-0.05, 0) is 61.7 Å². The summed E-state index contributed by atoms with van der Waals surface area (Å²) in [5.41, 5.74) is 2.78. The lowest BCUT2D eigenvalue weighted by molar-refractivity contribution is -0.137. The molecule has 0 spiro atoms. The average Bonchev–Trinajstić information content (AvgIpc) is 2.65. The van der Waals surface area contributed by atoms with Crippen LogP contribution in [0.5, 0.6) is 17.2 Å². The van der Waals surface area contributed by atoms with Crippen molar-refractivity contribution in [1.29, 1.82) is 0 Å². The normalized spacial score (nSPS) is 11.7. The average molecular weight is 392 g/mol. The topological polar surface area (TPSA) is 48.0 Å². The zero-order valence-corrected chi connectivity index (χ0v) is 17.4. The van der Waals surface area contributed by atoms with E-state index in [4.69, 9.17) is 25.8 Å². The van der Waals surface area contributed by atoms with E-state index in [9.17, 15) is 4.79 Å². The van der Waals surface area contributed by atoms with Crippen molar-refractivity contribution in [1.82, 2.24) is 4.90 Å². The Morgan fingerprint density at radius 3 is 2.22 bits per heavy atom. The highest BCUT2D eigenvalue weighted by Crippen LogP contribution is 2.28. The highest BCUT2D eigenvalue weighted by Gasteiger charge is 2.20. The Morgan fingerprint density at radius 2 is 1.67 bits per heavy atom. The standard InChI is InChI=1S/C21H26ClNO4/c1-13-9-17(10-14(2)20(13)22)27-15(3)21(24)23(4)12-16-7-8-18(25-5)19(11-16)26-6/h7-11,15H,12H2,1-6H3/t15-/m1/s1. The third-order valence-corrected chi connectivity index (χ3v) is 4.91. The van der Waals surface area contributed by atoms with Gasteiger partial charge in [0.15, 0.2) is 17.6 Å². The maximum atomic E-state index is 12.7. The first-order chi connectivity index (χ1) is 12.8. The van der Waals surface area contributed by atoms with Crippen molar-refractivity contribution in [3.8, 4) is 17.2 Å². The quantitative estimate of drug-likeness (QED) is 0.701. The molecule has 2 aromatic rings. The lowest BCUT2D eigenvalue weighted by atomic mass is 10.1. The number of nitrogens with zero attached hydrogens (tertiary/aromatic N) is 1. The van der Waals surface area contributed by atoms with Crippen LogP contribution in [0.1, 0.15) is 23.6 Å². The molecule has 1 amide bonds. The monoisotopic (exact) mass is 391 g/mol. The zero-order chi connectivity index (χ0) is 20.1. The van der Waals surface area contributed by atoms with Gasteiger partial charge in [0.1, 0.15) is 5.75 Å². The van der Waals surface area contributed by atoms with Crippen molar-refractivity contribution in [2.24, 2.45) is 0 Å². The Balaban J connectivity index is 2.06. The van der Waals surface area contributed by atoms with Crippen LogP contribution in [0.3, 0.4) is 0 Å². The Morgan fingerprint density at radius 1 is 1.07 bits per heavy atom. The smallest absolute Gasteiger partial charge is 0.263 e. The summed E-state index contributed by atoms with van der Waals surface area (Å²) >= 11 is 6.19. The second kappa shape index (κ2) is 9.00. The van der Waals surface area contributed by atoms with Crippen LogP contribution in [-0.4, -0.2) is 38.2 Å². The first-order valence-electron chi connectivity index (χ1n) is 8.66. The SMILES string of the molecule is COc1ccc(CN(C)C(=O)[C@@H](C)Oc2cc(C)c(Cl)c(C)c2)cc1OC. The van der Waals surface area contributed by atoms with Gasteiger partial charge in [-0.2, -0.15) is 0 Å². The van der Waals surface area contributed by atoms with E-state index < -0.39 is 6.10 Å². The molecule has 0 unspecified atom stereocenters. The van der Waals surface area contributed by atoms with Gasteiger partial charge >= 0.3 is 0 Å². The molecule has 146 valence electrons. The van der Waals surface area contributed by atoms with Crippen LogP contribution in [0, 0.1) is 13.8 Å². The lowest BCUT2D eigenvalue weighted by Crippen LogP contribution is -2.37. The number of hydrogen-bond acceptors (Lipinski definition) is 4. The Hall–Kier alpha value is -2.40. The molecule has 5 nitrogen and oxygen atoms in total. The molecule has 0 aliphatic heterocycles. The number of amides is 1. The summed E-state index contributed by atoms with van der Waals surface area (Å²) < 4.78 is 16.4. The number of methoxy groups -OCH3 is 2. The van der Waals surface area contributed by atoms with Crippen LogP contribution in [0.2, 0.25) is 5.02 Å². The molecule has 0 aromatic heterocycles. The number of benzene rings is 2. The molecule has 0 fully saturated rings. The minimum absolute atomic E-state index is 0.116. The van der Waals surface area contributed by atoms with Gasteiger partial charge in [0.2, 0.25) is 0 Å². The lowest BCUT2D eigenvalue weighted by Gasteiger charge is -2.23. The van der Waals surface area contributed by atoms with Gasteiger partial charge in [-0.25, -0.2) is 0 Å². The van der Waals surface area contributed by atoms with Gasteiger partial charge in [0.05, 0.1) is 14.2 Å². The molecule has 0 radical (unpaired) electrons. The second-order valence-corrected chi connectivity index (χ2v) is 6.89. The van der Waals surface area contributed by atoms with E-state index in [-0.39, 0.29) is 5.91 Å². The molecular weight excluding hydrogens is 366 g/mol. The predicted molar refractivity (Wildman–Crippen MR) is 107 cm³/mol. The van der Waals surface area contributed by atoms with E-state index in [1.807, 2.05) is 44.2 Å². The van der Waals surface area contributed by atoms with E-state index in [2.05, 4.69) is 0 Å². The summed E-state index contributed by atoms with van der Waals surface area (Å²) in [4.78, 5) is 14.3. The minimum atomic E-state index is -0.616. The van der Waals surface area contributed by atoms with E-state index in [1.54, 1.807) is 33.1 Å². The molecule has 27 heavy (non-hydrogen) atoms. The first kappa shape index (κ1) is 20.9. The maximum absolute atomic E-state index is 12.7. The van der Waals surface area contributed by atoms with Crippen LogP contribution in [0.4, 0.5) is 0 Å². The van der Waals surface area contributed by atoms with E-state index in [0.717, 1.165) is 16.7 Å². The Labute approximate surface area is 165 Å². The van der Waals surface area contributed by atoms with E-state index in [1.165, 1.54) is 0 Å². The van der Waals surface area contributed by atoms with Crippen molar-refractivity contribution in [3.63, 3.8) is 0 Å². The molecule has 0 aliphatic carbocycles. The molecule has 0 bridgehead atoms. The molecule has 2 rings (SSSR count). The molecule has 0 N–H and O–H groups in total. The van der Waals surface area contributed by atoms with Crippen LogP contribution in [0.25, 0.3) is 0 Å². The molecule has 0 heterocycles. The second-order valence-electron chi connectivity index (χ2n) is 6.51. The summed E-state index contributed by atoms with van der Waals surface area (Å²) in [7, 11) is 4.92.